The number of benzene rings is 1. The Balaban J connectivity index is 1.72. The summed E-state index contributed by atoms with van der Waals surface area (Å²) >= 11 is 7.53. The third-order valence-electron chi connectivity index (χ3n) is 2.81. The Hall–Kier alpha value is -0.540. The van der Waals surface area contributed by atoms with Gasteiger partial charge in [-0.2, -0.15) is 0 Å². The van der Waals surface area contributed by atoms with Crippen LogP contribution >= 0.6 is 23.4 Å². The van der Waals surface area contributed by atoms with Crippen molar-refractivity contribution in [3.05, 3.63) is 18.2 Å². The molecule has 0 N–H and O–H groups in total. The maximum absolute atomic E-state index is 5.65. The molecular weight excluding hydrogens is 268 g/mol. The molecular formula is C14H19ClO2S. The molecule has 0 bridgehead atoms. The number of hydrogen-bond donors (Lipinski definition) is 0. The van der Waals surface area contributed by atoms with E-state index < -0.39 is 0 Å². The molecule has 1 aromatic carbocycles. The average molecular weight is 287 g/mol. The zero-order chi connectivity index (χ0) is 12.6. The van der Waals surface area contributed by atoms with E-state index in [1.807, 2.05) is 17.8 Å². The van der Waals surface area contributed by atoms with Crippen LogP contribution < -0.4 is 9.47 Å². The van der Waals surface area contributed by atoms with E-state index in [0.29, 0.717) is 13.2 Å². The van der Waals surface area contributed by atoms with Crippen molar-refractivity contribution in [1.29, 1.82) is 0 Å². The topological polar surface area (TPSA) is 18.5 Å². The molecule has 1 heterocycles. The van der Waals surface area contributed by atoms with Crippen LogP contribution in [-0.4, -0.2) is 24.8 Å². The second-order valence-electron chi connectivity index (χ2n) is 4.26. The molecule has 1 aromatic rings. The molecule has 0 aliphatic carbocycles. The van der Waals surface area contributed by atoms with Gasteiger partial charge in [0.15, 0.2) is 11.5 Å². The lowest BCUT2D eigenvalue weighted by atomic mass is 10.2. The molecule has 0 saturated heterocycles. The van der Waals surface area contributed by atoms with Gasteiger partial charge in [-0.15, -0.1) is 23.4 Å². The molecule has 0 saturated carbocycles. The maximum Gasteiger partial charge on any atom is 0.162 e. The lowest BCUT2D eigenvalue weighted by Crippen LogP contribution is -2.15. The Kier molecular flexibility index (Phi) is 6.01. The Bertz CT molecular complexity index is 371. The van der Waals surface area contributed by atoms with Crippen molar-refractivity contribution in [2.24, 2.45) is 0 Å². The number of halogens is 1. The molecule has 0 spiro atoms. The summed E-state index contributed by atoms with van der Waals surface area (Å²) < 4.78 is 11.1. The quantitative estimate of drug-likeness (QED) is 0.422. The summed E-state index contributed by atoms with van der Waals surface area (Å²) in [5, 5.41) is 0. The minimum absolute atomic E-state index is 0.652. The lowest BCUT2D eigenvalue weighted by Gasteiger charge is -2.18. The van der Waals surface area contributed by atoms with Gasteiger partial charge in [0, 0.05) is 10.8 Å². The fraction of sp³-hybridized carbons (Fsp3) is 0.571. The third-order valence-corrected chi connectivity index (χ3v) is 4.16. The molecule has 18 heavy (non-hydrogen) atoms. The molecule has 0 unspecified atom stereocenters. The zero-order valence-electron chi connectivity index (χ0n) is 10.5. The monoisotopic (exact) mass is 286 g/mol. The summed E-state index contributed by atoms with van der Waals surface area (Å²) in [6.07, 6.45) is 4.89. The molecule has 100 valence electrons. The molecule has 0 atom stereocenters. The van der Waals surface area contributed by atoms with Crippen LogP contribution in [0, 0.1) is 0 Å². The van der Waals surface area contributed by atoms with Crippen molar-refractivity contribution in [3.8, 4) is 11.5 Å². The SMILES string of the molecule is ClCCCCCCSc1ccc2c(c1)OCCO2. The summed E-state index contributed by atoms with van der Waals surface area (Å²) in [5.41, 5.74) is 0. The normalized spacial score (nSPS) is 13.6. The van der Waals surface area contributed by atoms with Crippen LogP contribution in [0.2, 0.25) is 0 Å². The van der Waals surface area contributed by atoms with Gasteiger partial charge in [-0.1, -0.05) is 12.8 Å². The highest BCUT2D eigenvalue weighted by atomic mass is 35.5. The van der Waals surface area contributed by atoms with Crippen molar-refractivity contribution >= 4 is 23.4 Å². The molecule has 2 rings (SSSR count). The number of ether oxygens (including phenoxy) is 2. The summed E-state index contributed by atoms with van der Waals surface area (Å²) in [7, 11) is 0. The van der Waals surface area contributed by atoms with E-state index in [2.05, 4.69) is 12.1 Å². The van der Waals surface area contributed by atoms with Gasteiger partial charge in [-0.05, 0) is 36.8 Å². The Morgan fingerprint density at radius 1 is 1.00 bits per heavy atom. The summed E-state index contributed by atoms with van der Waals surface area (Å²) in [4.78, 5) is 1.26. The third kappa shape index (κ3) is 4.29. The number of rotatable bonds is 7. The second kappa shape index (κ2) is 7.80. The largest absolute Gasteiger partial charge is 0.486 e. The number of fused-ring (bicyclic) bond motifs is 1. The van der Waals surface area contributed by atoms with Gasteiger partial charge in [0.2, 0.25) is 0 Å². The first-order chi connectivity index (χ1) is 8.90. The summed E-state index contributed by atoms with van der Waals surface area (Å²) in [6, 6.07) is 6.19. The smallest absolute Gasteiger partial charge is 0.162 e. The minimum atomic E-state index is 0.652. The lowest BCUT2D eigenvalue weighted by molar-refractivity contribution is 0.171. The van der Waals surface area contributed by atoms with E-state index in [1.54, 1.807) is 0 Å². The Morgan fingerprint density at radius 3 is 2.61 bits per heavy atom. The Morgan fingerprint density at radius 2 is 1.78 bits per heavy atom. The van der Waals surface area contributed by atoms with Crippen LogP contribution in [0.4, 0.5) is 0 Å². The molecule has 1 aliphatic heterocycles. The number of thioether (sulfide) groups is 1. The predicted molar refractivity (Wildman–Crippen MR) is 77.3 cm³/mol. The highest BCUT2D eigenvalue weighted by molar-refractivity contribution is 7.99. The molecule has 0 aromatic heterocycles. The minimum Gasteiger partial charge on any atom is -0.486 e. The van der Waals surface area contributed by atoms with Crippen molar-refractivity contribution < 1.29 is 9.47 Å². The first kappa shape index (κ1) is 13.9. The standard InChI is InChI=1S/C14H19ClO2S/c15-7-3-1-2-4-10-18-12-5-6-13-14(11-12)17-9-8-16-13/h5-6,11H,1-4,7-10H2. The highest BCUT2D eigenvalue weighted by Crippen LogP contribution is 2.34. The second-order valence-corrected chi connectivity index (χ2v) is 5.80. The van der Waals surface area contributed by atoms with Gasteiger partial charge >= 0.3 is 0 Å². The van der Waals surface area contributed by atoms with Crippen LogP contribution in [0.1, 0.15) is 25.7 Å². The predicted octanol–water partition coefficient (Wildman–Crippen LogP) is 4.35. The Labute approximate surface area is 118 Å². The van der Waals surface area contributed by atoms with E-state index in [-0.39, 0.29) is 0 Å². The van der Waals surface area contributed by atoms with Crippen LogP contribution in [-0.2, 0) is 0 Å². The number of hydrogen-bond acceptors (Lipinski definition) is 3. The van der Waals surface area contributed by atoms with E-state index in [1.165, 1.54) is 24.2 Å². The zero-order valence-corrected chi connectivity index (χ0v) is 12.1. The molecule has 4 heteroatoms. The van der Waals surface area contributed by atoms with Crippen molar-refractivity contribution in [2.75, 3.05) is 24.8 Å². The van der Waals surface area contributed by atoms with Gasteiger partial charge in [0.1, 0.15) is 13.2 Å². The van der Waals surface area contributed by atoms with Crippen LogP contribution in [0.25, 0.3) is 0 Å². The highest BCUT2D eigenvalue weighted by Gasteiger charge is 2.11. The van der Waals surface area contributed by atoms with Gasteiger partial charge in [-0.3, -0.25) is 0 Å². The van der Waals surface area contributed by atoms with Crippen LogP contribution in [0.3, 0.4) is 0 Å². The molecule has 0 radical (unpaired) electrons. The van der Waals surface area contributed by atoms with E-state index in [0.717, 1.165) is 29.6 Å². The van der Waals surface area contributed by atoms with Crippen molar-refractivity contribution in [2.45, 2.75) is 30.6 Å². The van der Waals surface area contributed by atoms with Gasteiger partial charge in [0.25, 0.3) is 0 Å². The first-order valence-electron chi connectivity index (χ1n) is 6.48. The van der Waals surface area contributed by atoms with E-state index >= 15 is 0 Å². The van der Waals surface area contributed by atoms with E-state index in [9.17, 15) is 0 Å². The fourth-order valence-corrected chi connectivity index (χ4v) is 2.98. The first-order valence-corrected chi connectivity index (χ1v) is 8.00. The fourth-order valence-electron chi connectivity index (χ4n) is 1.85. The molecule has 0 amide bonds. The number of alkyl halides is 1. The molecule has 0 fully saturated rings. The van der Waals surface area contributed by atoms with Crippen molar-refractivity contribution in [1.82, 2.24) is 0 Å². The summed E-state index contributed by atoms with van der Waals surface area (Å²) in [5.74, 6) is 3.69. The molecule has 1 aliphatic rings. The van der Waals surface area contributed by atoms with Crippen LogP contribution in [0.15, 0.2) is 23.1 Å². The summed E-state index contributed by atoms with van der Waals surface area (Å²) in [6.45, 7) is 1.31. The maximum atomic E-state index is 5.65. The number of unbranched alkanes of at least 4 members (excludes halogenated alkanes) is 3. The van der Waals surface area contributed by atoms with Gasteiger partial charge in [-0.25, -0.2) is 0 Å². The van der Waals surface area contributed by atoms with Gasteiger partial charge < -0.3 is 9.47 Å². The van der Waals surface area contributed by atoms with Crippen LogP contribution in [0.5, 0.6) is 11.5 Å². The van der Waals surface area contributed by atoms with E-state index in [4.69, 9.17) is 21.1 Å². The van der Waals surface area contributed by atoms with Crippen molar-refractivity contribution in [3.63, 3.8) is 0 Å². The van der Waals surface area contributed by atoms with Gasteiger partial charge in [0.05, 0.1) is 0 Å². The molecule has 2 nitrogen and oxygen atoms in total. The average Bonchev–Trinajstić information content (AvgIpc) is 2.42.